The quantitative estimate of drug-likeness (QED) is 0.757. The molecule has 0 spiro atoms. The maximum atomic E-state index is 12.9. The molecule has 1 atom stereocenters. The lowest BCUT2D eigenvalue weighted by Crippen LogP contribution is -2.52. The number of aromatic nitrogens is 1. The summed E-state index contributed by atoms with van der Waals surface area (Å²) in [5.41, 5.74) is 1.61. The first-order valence-electron chi connectivity index (χ1n) is 9.32. The maximum absolute atomic E-state index is 12.9. The molecule has 2 aromatic rings. The molecule has 1 unspecified atom stereocenters. The highest BCUT2D eigenvalue weighted by atomic mass is 16.4. The molecule has 2 aliphatic rings. The molecule has 140 valence electrons. The van der Waals surface area contributed by atoms with Gasteiger partial charge in [0.25, 0.3) is 5.91 Å². The van der Waals surface area contributed by atoms with Gasteiger partial charge in [-0.15, -0.1) is 0 Å². The van der Waals surface area contributed by atoms with Gasteiger partial charge < -0.3 is 20.2 Å². The number of rotatable bonds is 4. The molecule has 1 amide bonds. The van der Waals surface area contributed by atoms with Crippen molar-refractivity contribution in [3.05, 3.63) is 34.3 Å². The number of fused-ring (bicyclic) bond motifs is 1. The number of aryl methyl sites for hydroxylation is 1. The van der Waals surface area contributed by atoms with Gasteiger partial charge in [0.05, 0.1) is 11.6 Å². The van der Waals surface area contributed by atoms with Crippen molar-refractivity contribution < 1.29 is 14.3 Å². The van der Waals surface area contributed by atoms with Crippen molar-refractivity contribution in [2.75, 3.05) is 13.1 Å². The molecule has 1 aromatic carbocycles. The summed E-state index contributed by atoms with van der Waals surface area (Å²) in [5.74, 6) is 0.192. The molecular formula is C19H25N3O4. The van der Waals surface area contributed by atoms with Gasteiger partial charge in [-0.25, -0.2) is 4.79 Å². The second-order valence-electron chi connectivity index (χ2n) is 7.58. The van der Waals surface area contributed by atoms with Crippen LogP contribution in [0, 0.1) is 11.8 Å². The maximum Gasteiger partial charge on any atom is 0.419 e. The molecule has 7 nitrogen and oxygen atoms in total. The predicted octanol–water partition coefficient (Wildman–Crippen LogP) is 1.00. The molecule has 2 fully saturated rings. The number of piperidine rings is 1. The van der Waals surface area contributed by atoms with Gasteiger partial charge in [0.1, 0.15) is 0 Å². The number of nitrogens with zero attached hydrogens (tertiary/aromatic N) is 1. The number of oxazole rings is 1. The number of aliphatic hydroxyl groups excluding tert-OH is 1. The second kappa shape index (κ2) is 6.89. The Balaban J connectivity index is 1.55. The number of nitrogens with one attached hydrogen (secondary N) is 2. The Morgan fingerprint density at radius 3 is 2.73 bits per heavy atom. The van der Waals surface area contributed by atoms with E-state index in [1.807, 2.05) is 0 Å². The zero-order valence-corrected chi connectivity index (χ0v) is 14.9. The second-order valence-corrected chi connectivity index (χ2v) is 7.58. The first kappa shape index (κ1) is 17.3. The van der Waals surface area contributed by atoms with E-state index in [-0.39, 0.29) is 18.1 Å². The molecule has 0 radical (unpaired) electrons. The van der Waals surface area contributed by atoms with Crippen molar-refractivity contribution in [3.63, 3.8) is 0 Å². The topological polar surface area (TPSA) is 96.5 Å². The highest BCUT2D eigenvalue weighted by molar-refractivity contribution is 5.97. The number of carbonyl (C=O) groups excluding carboxylic acids is 1. The molecule has 1 saturated carbocycles. The van der Waals surface area contributed by atoms with Crippen LogP contribution in [0.15, 0.2) is 27.4 Å². The fourth-order valence-corrected chi connectivity index (χ4v) is 4.25. The SMILES string of the molecule is Cn1c(=O)oc2ccc(C(=O)NC(C3CCNCC3)C3CC(O)C3)cc21. The number of hydrogen-bond acceptors (Lipinski definition) is 5. The summed E-state index contributed by atoms with van der Waals surface area (Å²) in [6, 6.07) is 5.13. The Morgan fingerprint density at radius 2 is 2.04 bits per heavy atom. The molecule has 26 heavy (non-hydrogen) atoms. The molecule has 1 saturated heterocycles. The van der Waals surface area contributed by atoms with Crippen LogP contribution in [-0.2, 0) is 7.05 Å². The highest BCUT2D eigenvalue weighted by Crippen LogP contribution is 2.36. The Morgan fingerprint density at radius 1 is 1.31 bits per heavy atom. The van der Waals surface area contributed by atoms with Crippen LogP contribution in [0.1, 0.15) is 36.0 Å². The summed E-state index contributed by atoms with van der Waals surface area (Å²) >= 11 is 0. The van der Waals surface area contributed by atoms with Gasteiger partial charge in [0.15, 0.2) is 5.58 Å². The summed E-state index contributed by atoms with van der Waals surface area (Å²) in [5, 5.41) is 16.3. The van der Waals surface area contributed by atoms with Crippen molar-refractivity contribution in [3.8, 4) is 0 Å². The monoisotopic (exact) mass is 359 g/mol. The van der Waals surface area contributed by atoms with E-state index in [1.54, 1.807) is 25.2 Å². The van der Waals surface area contributed by atoms with Crippen LogP contribution in [0.2, 0.25) is 0 Å². The fraction of sp³-hybridized carbons (Fsp3) is 0.579. The summed E-state index contributed by atoms with van der Waals surface area (Å²) in [6.07, 6.45) is 3.34. The molecule has 2 heterocycles. The fourth-order valence-electron chi connectivity index (χ4n) is 4.25. The number of carbonyl (C=O) groups is 1. The number of benzene rings is 1. The minimum absolute atomic E-state index is 0.0804. The molecule has 4 rings (SSSR count). The minimum Gasteiger partial charge on any atom is -0.408 e. The zero-order chi connectivity index (χ0) is 18.3. The van der Waals surface area contributed by atoms with Crippen LogP contribution in [0.4, 0.5) is 0 Å². The van der Waals surface area contributed by atoms with E-state index in [9.17, 15) is 14.7 Å². The normalized spacial score (nSPS) is 25.0. The minimum atomic E-state index is -0.436. The van der Waals surface area contributed by atoms with E-state index in [0.29, 0.717) is 28.5 Å². The summed E-state index contributed by atoms with van der Waals surface area (Å²) in [4.78, 5) is 24.5. The molecule has 7 heteroatoms. The van der Waals surface area contributed by atoms with E-state index in [0.717, 1.165) is 38.8 Å². The lowest BCUT2D eigenvalue weighted by molar-refractivity contribution is 0.00919. The van der Waals surface area contributed by atoms with Crippen molar-refractivity contribution in [2.24, 2.45) is 18.9 Å². The molecule has 1 aromatic heterocycles. The molecular weight excluding hydrogens is 334 g/mol. The summed E-state index contributed by atoms with van der Waals surface area (Å²) in [6.45, 7) is 1.94. The highest BCUT2D eigenvalue weighted by Gasteiger charge is 2.39. The molecule has 1 aliphatic heterocycles. The van der Waals surface area contributed by atoms with E-state index in [2.05, 4.69) is 10.6 Å². The van der Waals surface area contributed by atoms with Crippen LogP contribution < -0.4 is 16.4 Å². The van der Waals surface area contributed by atoms with Crippen molar-refractivity contribution in [1.29, 1.82) is 0 Å². The van der Waals surface area contributed by atoms with Crippen LogP contribution >= 0.6 is 0 Å². The Kier molecular flexibility index (Phi) is 4.58. The molecule has 3 N–H and O–H groups in total. The zero-order valence-electron chi connectivity index (χ0n) is 14.9. The van der Waals surface area contributed by atoms with Gasteiger partial charge in [-0.2, -0.15) is 0 Å². The largest absolute Gasteiger partial charge is 0.419 e. The van der Waals surface area contributed by atoms with Crippen LogP contribution in [-0.4, -0.2) is 40.8 Å². The third-order valence-corrected chi connectivity index (χ3v) is 5.90. The number of aliphatic hydroxyl groups is 1. The van der Waals surface area contributed by atoms with E-state index in [4.69, 9.17) is 4.42 Å². The van der Waals surface area contributed by atoms with Gasteiger partial charge in [-0.1, -0.05) is 0 Å². The standard InChI is InChI=1S/C19H25N3O4/c1-22-15-10-12(2-3-16(15)26-19(22)25)18(24)21-17(13-8-14(23)9-13)11-4-6-20-7-5-11/h2-3,10-11,13-14,17,20,23H,4-9H2,1H3,(H,21,24). The first-order valence-corrected chi connectivity index (χ1v) is 9.32. The smallest absolute Gasteiger partial charge is 0.408 e. The van der Waals surface area contributed by atoms with E-state index < -0.39 is 5.76 Å². The van der Waals surface area contributed by atoms with Gasteiger partial charge in [0.2, 0.25) is 0 Å². The van der Waals surface area contributed by atoms with Crippen LogP contribution in [0.25, 0.3) is 11.1 Å². The Labute approximate surface area is 151 Å². The Hall–Kier alpha value is -2.12. The van der Waals surface area contributed by atoms with Gasteiger partial charge in [0, 0.05) is 18.7 Å². The van der Waals surface area contributed by atoms with Crippen molar-refractivity contribution in [2.45, 2.75) is 37.8 Å². The lowest BCUT2D eigenvalue weighted by Gasteiger charge is -2.43. The third-order valence-electron chi connectivity index (χ3n) is 5.90. The summed E-state index contributed by atoms with van der Waals surface area (Å²) in [7, 11) is 1.63. The third kappa shape index (κ3) is 3.17. The number of hydrogen-bond donors (Lipinski definition) is 3. The first-order chi connectivity index (χ1) is 12.5. The van der Waals surface area contributed by atoms with Crippen LogP contribution in [0.3, 0.4) is 0 Å². The van der Waals surface area contributed by atoms with Crippen LogP contribution in [0.5, 0.6) is 0 Å². The average molecular weight is 359 g/mol. The molecule has 0 bridgehead atoms. The predicted molar refractivity (Wildman–Crippen MR) is 97.0 cm³/mol. The summed E-state index contributed by atoms with van der Waals surface area (Å²) < 4.78 is 6.53. The van der Waals surface area contributed by atoms with Gasteiger partial charge in [-0.3, -0.25) is 9.36 Å². The molecule has 1 aliphatic carbocycles. The van der Waals surface area contributed by atoms with Crippen molar-refractivity contribution >= 4 is 17.0 Å². The van der Waals surface area contributed by atoms with Crippen molar-refractivity contribution in [1.82, 2.24) is 15.2 Å². The Bertz CT molecular complexity index is 859. The van der Waals surface area contributed by atoms with Gasteiger partial charge in [-0.05, 0) is 68.8 Å². The number of amides is 1. The van der Waals surface area contributed by atoms with E-state index >= 15 is 0 Å². The van der Waals surface area contributed by atoms with E-state index in [1.165, 1.54) is 4.57 Å². The van der Waals surface area contributed by atoms with Gasteiger partial charge >= 0.3 is 5.76 Å². The average Bonchev–Trinajstić information content (AvgIpc) is 2.91. The lowest BCUT2D eigenvalue weighted by atomic mass is 9.71.